The highest BCUT2D eigenvalue weighted by molar-refractivity contribution is 9.10. The van der Waals surface area contributed by atoms with E-state index in [0.717, 1.165) is 10.2 Å². The molecule has 0 bridgehead atoms. The van der Waals surface area contributed by atoms with Gasteiger partial charge in [0.1, 0.15) is 0 Å². The van der Waals surface area contributed by atoms with Gasteiger partial charge >= 0.3 is 0 Å². The third-order valence-corrected chi connectivity index (χ3v) is 3.39. The van der Waals surface area contributed by atoms with Crippen LogP contribution in [0, 0.1) is 0 Å². The highest BCUT2D eigenvalue weighted by atomic mass is 79.9. The zero-order valence-electron chi connectivity index (χ0n) is 6.17. The molecule has 11 heavy (non-hydrogen) atoms. The highest BCUT2D eigenvalue weighted by Gasteiger charge is 2.09. The van der Waals surface area contributed by atoms with Crippen LogP contribution in [0.15, 0.2) is 27.0 Å². The Hall–Kier alpha value is -0.150. The molecule has 0 N–H and O–H groups in total. The maximum absolute atomic E-state index is 4.50. The molecule has 1 nitrogen and oxygen atoms in total. The molecule has 0 aliphatic carbocycles. The zero-order valence-corrected chi connectivity index (χ0v) is 8.58. The predicted octanol–water partition coefficient (Wildman–Crippen LogP) is 3.03. The van der Waals surface area contributed by atoms with Gasteiger partial charge in [-0.25, -0.2) is 4.36 Å². The number of benzene rings is 1. The average molecular weight is 230 g/mol. The summed E-state index contributed by atoms with van der Waals surface area (Å²) in [7, 11) is 0.227. The Kier molecular flexibility index (Phi) is 1.85. The lowest BCUT2D eigenvalue weighted by atomic mass is 10.2. The molecule has 0 aromatic heterocycles. The number of hydrogen-bond acceptors (Lipinski definition) is 1. The van der Waals surface area contributed by atoms with E-state index in [2.05, 4.69) is 38.7 Å². The van der Waals surface area contributed by atoms with Crippen LogP contribution in [0.1, 0.15) is 5.56 Å². The minimum atomic E-state index is 0.227. The van der Waals surface area contributed by atoms with Gasteiger partial charge in [-0.1, -0.05) is 26.6 Å². The van der Waals surface area contributed by atoms with Gasteiger partial charge in [0, 0.05) is 10.2 Å². The van der Waals surface area contributed by atoms with Crippen molar-refractivity contribution < 1.29 is 0 Å². The van der Waals surface area contributed by atoms with Crippen molar-refractivity contribution in [2.45, 2.75) is 5.75 Å². The second kappa shape index (κ2) is 2.72. The van der Waals surface area contributed by atoms with E-state index in [4.69, 9.17) is 0 Å². The molecule has 1 aliphatic heterocycles. The molecule has 0 saturated carbocycles. The quantitative estimate of drug-likeness (QED) is 0.649. The smallest absolute Gasteiger partial charge is 0.0744 e. The van der Waals surface area contributed by atoms with Crippen LogP contribution in [-0.2, 0) is 16.4 Å². The molecular weight excluding hydrogens is 222 g/mol. The Morgan fingerprint density at radius 2 is 2.36 bits per heavy atom. The predicted molar refractivity (Wildman–Crippen MR) is 53.2 cm³/mol. The second-order valence-corrected chi connectivity index (χ2v) is 5.20. The molecule has 2 rings (SSSR count). The fraction of sp³-hybridized carbons (Fsp3) is 0.250. The molecule has 1 aromatic carbocycles. The standard InChI is InChI=1S/C8H8BrNS/c1-11-5-6-4-7(9)2-3-8(6)10-11/h2-4H,5H2,1H3. The molecule has 0 saturated heterocycles. The molecular formula is C8H8BrNS. The molecule has 1 aromatic rings. The van der Waals surface area contributed by atoms with Crippen LogP contribution in [0.4, 0.5) is 5.69 Å². The zero-order chi connectivity index (χ0) is 7.84. The van der Waals surface area contributed by atoms with Gasteiger partial charge in [-0.2, -0.15) is 0 Å². The maximum atomic E-state index is 4.50. The lowest BCUT2D eigenvalue weighted by Crippen LogP contribution is -1.83. The molecule has 58 valence electrons. The molecule has 1 unspecified atom stereocenters. The number of hydrogen-bond donors (Lipinski definition) is 0. The Bertz CT molecular complexity index is 333. The SMILES string of the molecule is CS1=Nc2ccc(Br)cc2C1. The van der Waals surface area contributed by atoms with Gasteiger partial charge < -0.3 is 0 Å². The molecule has 3 heteroatoms. The summed E-state index contributed by atoms with van der Waals surface area (Å²) in [5, 5.41) is 0. The van der Waals surface area contributed by atoms with Crippen LogP contribution in [-0.4, -0.2) is 6.26 Å². The summed E-state index contributed by atoms with van der Waals surface area (Å²) in [5.41, 5.74) is 2.56. The summed E-state index contributed by atoms with van der Waals surface area (Å²) in [6.45, 7) is 0. The van der Waals surface area contributed by atoms with Crippen molar-refractivity contribution in [1.82, 2.24) is 0 Å². The molecule has 0 fully saturated rings. The van der Waals surface area contributed by atoms with Gasteiger partial charge in [0.25, 0.3) is 0 Å². The van der Waals surface area contributed by atoms with Gasteiger partial charge in [-0.15, -0.1) is 0 Å². The van der Waals surface area contributed by atoms with Gasteiger partial charge in [0.05, 0.1) is 5.69 Å². The van der Waals surface area contributed by atoms with E-state index in [0.29, 0.717) is 0 Å². The van der Waals surface area contributed by atoms with Crippen molar-refractivity contribution in [2.24, 2.45) is 4.36 Å². The monoisotopic (exact) mass is 229 g/mol. The second-order valence-electron chi connectivity index (χ2n) is 2.61. The summed E-state index contributed by atoms with van der Waals surface area (Å²) in [6, 6.07) is 6.29. The summed E-state index contributed by atoms with van der Waals surface area (Å²) < 4.78 is 5.66. The average Bonchev–Trinajstić information content (AvgIpc) is 2.27. The largest absolute Gasteiger partial charge is 0.228 e. The minimum Gasteiger partial charge on any atom is -0.228 e. The third-order valence-electron chi connectivity index (χ3n) is 1.66. The van der Waals surface area contributed by atoms with E-state index < -0.39 is 0 Å². The number of rotatable bonds is 0. The number of nitrogens with zero attached hydrogens (tertiary/aromatic N) is 1. The lowest BCUT2D eigenvalue weighted by molar-refractivity contribution is 1.41. The Labute approximate surface area is 77.1 Å². The van der Waals surface area contributed by atoms with Gasteiger partial charge in [0.15, 0.2) is 0 Å². The molecule has 1 atom stereocenters. The van der Waals surface area contributed by atoms with Gasteiger partial charge in [-0.3, -0.25) is 0 Å². The van der Waals surface area contributed by atoms with E-state index in [-0.39, 0.29) is 10.7 Å². The van der Waals surface area contributed by atoms with Crippen LogP contribution >= 0.6 is 15.9 Å². The van der Waals surface area contributed by atoms with Crippen molar-refractivity contribution in [3.63, 3.8) is 0 Å². The molecule has 0 radical (unpaired) electrons. The Morgan fingerprint density at radius 1 is 1.55 bits per heavy atom. The first-order chi connectivity index (χ1) is 5.25. The number of halogens is 1. The summed E-state index contributed by atoms with van der Waals surface area (Å²) in [6.07, 6.45) is 2.17. The normalized spacial score (nSPS) is 21.1. The first-order valence-corrected chi connectivity index (χ1v) is 5.94. The summed E-state index contributed by atoms with van der Waals surface area (Å²) in [5.74, 6) is 1.12. The van der Waals surface area contributed by atoms with Gasteiger partial charge in [-0.05, 0) is 30.0 Å². The van der Waals surface area contributed by atoms with E-state index in [9.17, 15) is 0 Å². The highest BCUT2D eigenvalue weighted by Crippen LogP contribution is 2.30. The van der Waals surface area contributed by atoms with Gasteiger partial charge in [0.2, 0.25) is 0 Å². The van der Waals surface area contributed by atoms with E-state index in [1.807, 2.05) is 6.07 Å². The van der Waals surface area contributed by atoms with E-state index >= 15 is 0 Å². The van der Waals surface area contributed by atoms with Crippen molar-refractivity contribution in [2.75, 3.05) is 6.26 Å². The maximum Gasteiger partial charge on any atom is 0.0744 e. The molecule has 0 amide bonds. The van der Waals surface area contributed by atoms with Crippen LogP contribution in [0.5, 0.6) is 0 Å². The third kappa shape index (κ3) is 1.40. The van der Waals surface area contributed by atoms with Crippen molar-refractivity contribution in [3.05, 3.63) is 28.2 Å². The lowest BCUT2D eigenvalue weighted by Gasteiger charge is -1.95. The minimum absolute atomic E-state index is 0.227. The van der Waals surface area contributed by atoms with Crippen molar-refractivity contribution >= 4 is 32.3 Å². The van der Waals surface area contributed by atoms with Crippen LogP contribution in [0.2, 0.25) is 0 Å². The van der Waals surface area contributed by atoms with Crippen LogP contribution in [0.3, 0.4) is 0 Å². The first kappa shape index (κ1) is 7.50. The molecule has 0 spiro atoms. The molecule has 1 heterocycles. The topological polar surface area (TPSA) is 12.4 Å². The Balaban J connectivity index is 2.52. The molecule has 1 aliphatic rings. The van der Waals surface area contributed by atoms with Crippen molar-refractivity contribution in [3.8, 4) is 0 Å². The number of fused-ring (bicyclic) bond motifs is 1. The van der Waals surface area contributed by atoms with Crippen LogP contribution in [0.25, 0.3) is 0 Å². The fourth-order valence-electron chi connectivity index (χ4n) is 1.18. The Morgan fingerprint density at radius 3 is 3.18 bits per heavy atom. The first-order valence-electron chi connectivity index (χ1n) is 3.38. The van der Waals surface area contributed by atoms with Crippen LogP contribution < -0.4 is 0 Å². The fourth-order valence-corrected chi connectivity index (χ4v) is 2.85. The summed E-state index contributed by atoms with van der Waals surface area (Å²) in [4.78, 5) is 0. The van der Waals surface area contributed by atoms with Crippen molar-refractivity contribution in [1.29, 1.82) is 0 Å². The van der Waals surface area contributed by atoms with E-state index in [1.165, 1.54) is 11.3 Å². The van der Waals surface area contributed by atoms with E-state index in [1.54, 1.807) is 0 Å². The summed E-state index contributed by atoms with van der Waals surface area (Å²) >= 11 is 3.45.